The van der Waals surface area contributed by atoms with Gasteiger partial charge >= 0.3 is 5.97 Å². The van der Waals surface area contributed by atoms with Crippen LogP contribution in [0.5, 0.6) is 5.75 Å². The number of nitrogens with one attached hydrogen (secondary N) is 1. The largest absolute Gasteiger partial charge is 0.443 e. The fourth-order valence-corrected chi connectivity index (χ4v) is 3.20. The molecule has 4 rings (SSSR count). The lowest BCUT2D eigenvalue weighted by Gasteiger charge is -2.06. The summed E-state index contributed by atoms with van der Waals surface area (Å²) < 4.78 is 25.8. The average Bonchev–Trinajstić information content (AvgIpc) is 3.22. The quantitative estimate of drug-likeness (QED) is 0.216. The Morgan fingerprint density at radius 2 is 1.91 bits per heavy atom. The Kier molecular flexibility index (Phi) is 6.42. The van der Waals surface area contributed by atoms with Crippen LogP contribution < -0.4 is 10.1 Å². The third-order valence-corrected chi connectivity index (χ3v) is 5.00. The van der Waals surface area contributed by atoms with Gasteiger partial charge in [-0.25, -0.2) is 9.37 Å². The van der Waals surface area contributed by atoms with Crippen molar-refractivity contribution in [3.8, 4) is 5.75 Å². The van der Waals surface area contributed by atoms with Crippen molar-refractivity contribution in [1.29, 1.82) is 0 Å². The predicted octanol–water partition coefficient (Wildman–Crippen LogP) is 5.53. The molecule has 0 saturated heterocycles. The SMILES string of the molecule is O=C(C=Cc1ccc(CC(=O)Oc2ccc3ocnc3c2)cc1F)Nc1ccc(Br)cc1. The highest BCUT2D eigenvalue weighted by molar-refractivity contribution is 9.10. The summed E-state index contributed by atoms with van der Waals surface area (Å²) >= 11 is 3.32. The molecule has 0 spiro atoms. The summed E-state index contributed by atoms with van der Waals surface area (Å²) in [5, 5.41) is 2.69. The molecule has 0 bridgehead atoms. The predicted molar refractivity (Wildman–Crippen MR) is 122 cm³/mol. The summed E-state index contributed by atoms with van der Waals surface area (Å²) in [5.74, 6) is -1.15. The molecular weight excluding hydrogens is 479 g/mol. The lowest BCUT2D eigenvalue weighted by molar-refractivity contribution is -0.133. The Bertz CT molecular complexity index is 1320. The van der Waals surface area contributed by atoms with Crippen LogP contribution in [0.25, 0.3) is 17.2 Å². The number of benzene rings is 3. The Morgan fingerprint density at radius 1 is 1.09 bits per heavy atom. The standard InChI is InChI=1S/C24H16BrFN2O4/c25-17-4-6-18(7-5-17)28-23(29)10-3-16-2-1-15(11-20(16)26)12-24(30)32-19-8-9-22-21(13-19)27-14-31-22/h1-11,13-14H,12H2,(H,28,29). The number of anilines is 1. The highest BCUT2D eigenvalue weighted by Crippen LogP contribution is 2.20. The number of carbonyl (C=O) groups excluding carboxylic acids is 2. The van der Waals surface area contributed by atoms with Gasteiger partial charge in [0, 0.05) is 27.9 Å². The second-order valence-corrected chi connectivity index (χ2v) is 7.73. The van der Waals surface area contributed by atoms with Gasteiger partial charge in [0.15, 0.2) is 12.0 Å². The summed E-state index contributed by atoms with van der Waals surface area (Å²) in [4.78, 5) is 28.2. The number of halogens is 2. The van der Waals surface area contributed by atoms with Crippen molar-refractivity contribution < 1.29 is 23.1 Å². The Morgan fingerprint density at radius 3 is 2.69 bits per heavy atom. The molecule has 0 unspecified atom stereocenters. The number of amides is 1. The Hall–Kier alpha value is -3.78. The van der Waals surface area contributed by atoms with E-state index in [-0.39, 0.29) is 17.9 Å². The second kappa shape index (κ2) is 9.57. The summed E-state index contributed by atoms with van der Waals surface area (Å²) in [6.07, 6.45) is 3.81. The van der Waals surface area contributed by atoms with E-state index in [2.05, 4.69) is 26.2 Å². The zero-order valence-corrected chi connectivity index (χ0v) is 18.1. The molecule has 1 N–H and O–H groups in total. The van der Waals surface area contributed by atoms with E-state index in [1.807, 2.05) is 0 Å². The van der Waals surface area contributed by atoms with E-state index in [4.69, 9.17) is 9.15 Å². The third-order valence-electron chi connectivity index (χ3n) is 4.47. The van der Waals surface area contributed by atoms with Crippen LogP contribution in [-0.4, -0.2) is 16.9 Å². The first-order valence-electron chi connectivity index (χ1n) is 9.53. The van der Waals surface area contributed by atoms with E-state index >= 15 is 0 Å². The van der Waals surface area contributed by atoms with E-state index in [0.29, 0.717) is 28.1 Å². The van der Waals surface area contributed by atoms with Gasteiger partial charge in [0.1, 0.15) is 17.1 Å². The molecule has 4 aromatic rings. The molecule has 0 fully saturated rings. The number of ether oxygens (including phenoxy) is 1. The zero-order chi connectivity index (χ0) is 22.5. The molecule has 32 heavy (non-hydrogen) atoms. The zero-order valence-electron chi connectivity index (χ0n) is 16.5. The number of hydrogen-bond donors (Lipinski definition) is 1. The van der Waals surface area contributed by atoms with Crippen LogP contribution in [0.2, 0.25) is 0 Å². The van der Waals surface area contributed by atoms with Crippen LogP contribution in [0, 0.1) is 5.82 Å². The highest BCUT2D eigenvalue weighted by Gasteiger charge is 2.10. The minimum absolute atomic E-state index is 0.109. The summed E-state index contributed by atoms with van der Waals surface area (Å²) in [6.45, 7) is 0. The van der Waals surface area contributed by atoms with Crippen molar-refractivity contribution in [1.82, 2.24) is 4.98 Å². The lowest BCUT2D eigenvalue weighted by atomic mass is 10.1. The topological polar surface area (TPSA) is 81.4 Å². The summed E-state index contributed by atoms with van der Waals surface area (Å²) in [7, 11) is 0. The minimum atomic E-state index is -0.549. The first kappa shape index (κ1) is 21.5. The number of esters is 1. The molecule has 0 radical (unpaired) electrons. The van der Waals surface area contributed by atoms with Crippen LogP contribution in [-0.2, 0) is 16.0 Å². The third kappa shape index (κ3) is 5.47. The highest BCUT2D eigenvalue weighted by atomic mass is 79.9. The molecule has 1 heterocycles. The van der Waals surface area contributed by atoms with E-state index in [1.54, 1.807) is 48.5 Å². The monoisotopic (exact) mass is 494 g/mol. The van der Waals surface area contributed by atoms with Gasteiger partial charge in [-0.05, 0) is 54.1 Å². The van der Waals surface area contributed by atoms with Crippen LogP contribution in [0.4, 0.5) is 10.1 Å². The molecule has 1 aromatic heterocycles. The number of fused-ring (bicyclic) bond motifs is 1. The number of aromatic nitrogens is 1. The Balaban J connectivity index is 1.35. The fraction of sp³-hybridized carbons (Fsp3) is 0.0417. The summed E-state index contributed by atoms with van der Waals surface area (Å²) in [6, 6.07) is 16.3. The van der Waals surface area contributed by atoms with E-state index in [0.717, 1.165) is 4.47 Å². The molecule has 8 heteroatoms. The van der Waals surface area contributed by atoms with Gasteiger partial charge in [-0.3, -0.25) is 9.59 Å². The number of hydrogen-bond acceptors (Lipinski definition) is 5. The van der Waals surface area contributed by atoms with Crippen LogP contribution in [0.15, 0.2) is 82.0 Å². The fourth-order valence-electron chi connectivity index (χ4n) is 2.93. The van der Waals surface area contributed by atoms with Crippen molar-refractivity contribution in [2.75, 3.05) is 5.32 Å². The van der Waals surface area contributed by atoms with Crippen molar-refractivity contribution in [3.05, 3.63) is 94.6 Å². The molecule has 160 valence electrons. The van der Waals surface area contributed by atoms with Gasteiger partial charge in [0.2, 0.25) is 5.91 Å². The first-order valence-corrected chi connectivity index (χ1v) is 10.3. The van der Waals surface area contributed by atoms with E-state index in [9.17, 15) is 14.0 Å². The maximum Gasteiger partial charge on any atom is 0.315 e. The normalized spacial score (nSPS) is 11.1. The number of nitrogens with zero attached hydrogens (tertiary/aromatic N) is 1. The van der Waals surface area contributed by atoms with Gasteiger partial charge in [-0.1, -0.05) is 28.1 Å². The number of rotatable bonds is 6. The maximum absolute atomic E-state index is 14.4. The number of carbonyl (C=O) groups is 2. The van der Waals surface area contributed by atoms with Gasteiger partial charge in [0.05, 0.1) is 6.42 Å². The molecule has 3 aromatic carbocycles. The van der Waals surface area contributed by atoms with Crippen molar-refractivity contribution in [3.63, 3.8) is 0 Å². The van der Waals surface area contributed by atoms with Crippen LogP contribution in [0.3, 0.4) is 0 Å². The molecule has 1 amide bonds. The van der Waals surface area contributed by atoms with E-state index in [1.165, 1.54) is 30.7 Å². The molecular formula is C24H16BrFN2O4. The average molecular weight is 495 g/mol. The molecule has 0 aliphatic rings. The summed E-state index contributed by atoms with van der Waals surface area (Å²) in [5.41, 5.74) is 2.46. The first-order chi connectivity index (χ1) is 15.5. The molecule has 6 nitrogen and oxygen atoms in total. The van der Waals surface area contributed by atoms with Gasteiger partial charge in [-0.15, -0.1) is 0 Å². The second-order valence-electron chi connectivity index (χ2n) is 6.82. The van der Waals surface area contributed by atoms with Crippen LogP contribution >= 0.6 is 15.9 Å². The molecule has 0 aliphatic carbocycles. The Labute approximate surface area is 190 Å². The minimum Gasteiger partial charge on any atom is -0.443 e. The maximum atomic E-state index is 14.4. The molecule has 0 saturated carbocycles. The lowest BCUT2D eigenvalue weighted by Crippen LogP contribution is -2.11. The van der Waals surface area contributed by atoms with Gasteiger partial charge in [-0.2, -0.15) is 0 Å². The number of oxazole rings is 1. The van der Waals surface area contributed by atoms with Crippen molar-refractivity contribution in [2.45, 2.75) is 6.42 Å². The van der Waals surface area contributed by atoms with E-state index < -0.39 is 11.8 Å². The van der Waals surface area contributed by atoms with Crippen molar-refractivity contribution >= 4 is 50.7 Å². The molecule has 0 atom stereocenters. The van der Waals surface area contributed by atoms with Gasteiger partial charge < -0.3 is 14.5 Å². The smallest absolute Gasteiger partial charge is 0.315 e. The van der Waals surface area contributed by atoms with Gasteiger partial charge in [0.25, 0.3) is 0 Å². The van der Waals surface area contributed by atoms with Crippen LogP contribution in [0.1, 0.15) is 11.1 Å². The van der Waals surface area contributed by atoms with Crippen molar-refractivity contribution in [2.24, 2.45) is 0 Å². The molecule has 0 aliphatic heterocycles.